The second-order valence-electron chi connectivity index (χ2n) is 6.68. The van der Waals surface area contributed by atoms with Crippen molar-refractivity contribution in [3.8, 4) is 5.75 Å². The first-order valence-electron chi connectivity index (χ1n) is 9.11. The van der Waals surface area contributed by atoms with E-state index in [2.05, 4.69) is 15.6 Å². The van der Waals surface area contributed by atoms with E-state index in [-0.39, 0.29) is 24.2 Å². The molecule has 0 fully saturated rings. The van der Waals surface area contributed by atoms with Gasteiger partial charge in [0, 0.05) is 12.4 Å². The van der Waals surface area contributed by atoms with Crippen molar-refractivity contribution < 1.29 is 18.7 Å². The van der Waals surface area contributed by atoms with Gasteiger partial charge in [-0.2, -0.15) is 0 Å². The Morgan fingerprint density at radius 2 is 2.00 bits per heavy atom. The number of benzene rings is 2. The van der Waals surface area contributed by atoms with Gasteiger partial charge >= 0.3 is 0 Å². The summed E-state index contributed by atoms with van der Waals surface area (Å²) in [5, 5.41) is 5.60. The van der Waals surface area contributed by atoms with Gasteiger partial charge in [0.05, 0.1) is 17.3 Å². The molecule has 1 aliphatic heterocycles. The predicted octanol–water partition coefficient (Wildman–Crippen LogP) is 3.52. The van der Waals surface area contributed by atoms with Gasteiger partial charge in [0.2, 0.25) is 5.91 Å². The van der Waals surface area contributed by atoms with Crippen LogP contribution in [0.1, 0.15) is 17.0 Å². The highest BCUT2D eigenvalue weighted by Crippen LogP contribution is 2.36. The van der Waals surface area contributed by atoms with E-state index in [0.29, 0.717) is 29.1 Å². The maximum Gasteiger partial charge on any atom is 0.262 e. The van der Waals surface area contributed by atoms with Crippen LogP contribution in [0, 0.1) is 5.82 Å². The Kier molecular flexibility index (Phi) is 5.20. The summed E-state index contributed by atoms with van der Waals surface area (Å²) in [5.74, 6) is -1.03. The fourth-order valence-corrected chi connectivity index (χ4v) is 3.24. The summed E-state index contributed by atoms with van der Waals surface area (Å²) in [5.41, 5.74) is 2.54. The van der Waals surface area contributed by atoms with Crippen LogP contribution in [0.15, 0.2) is 67.0 Å². The number of amides is 2. The summed E-state index contributed by atoms with van der Waals surface area (Å²) in [6.07, 6.45) is 3.77. The Morgan fingerprint density at radius 1 is 1.17 bits per heavy atom. The molecule has 0 aliphatic carbocycles. The lowest BCUT2D eigenvalue weighted by molar-refractivity contribution is -0.118. The molecule has 2 amide bonds. The van der Waals surface area contributed by atoms with Gasteiger partial charge in [0.1, 0.15) is 5.82 Å². The number of aromatic nitrogens is 1. The van der Waals surface area contributed by atoms with Crippen molar-refractivity contribution in [1.29, 1.82) is 0 Å². The molecule has 146 valence electrons. The number of fused-ring (bicyclic) bond motifs is 1. The van der Waals surface area contributed by atoms with Crippen LogP contribution in [0.2, 0.25) is 0 Å². The number of rotatable bonds is 5. The average Bonchev–Trinajstić information content (AvgIpc) is 2.73. The van der Waals surface area contributed by atoms with E-state index >= 15 is 0 Å². The average molecular weight is 391 g/mol. The minimum absolute atomic E-state index is 0.114. The molecule has 3 aromatic rings. The van der Waals surface area contributed by atoms with Gasteiger partial charge in [-0.1, -0.05) is 24.3 Å². The van der Waals surface area contributed by atoms with E-state index in [4.69, 9.17) is 4.74 Å². The molecule has 0 radical (unpaired) electrons. The minimum Gasteiger partial charge on any atom is -0.479 e. The molecule has 1 atom stereocenters. The van der Waals surface area contributed by atoms with Crippen LogP contribution in [0.5, 0.6) is 5.75 Å². The number of carbonyl (C=O) groups excluding carboxylic acids is 2. The van der Waals surface area contributed by atoms with Crippen molar-refractivity contribution in [3.63, 3.8) is 0 Å². The molecule has 1 aliphatic rings. The first kappa shape index (κ1) is 18.6. The van der Waals surface area contributed by atoms with Crippen molar-refractivity contribution in [2.24, 2.45) is 0 Å². The molecule has 0 spiro atoms. The highest BCUT2D eigenvalue weighted by molar-refractivity contribution is 6.01. The quantitative estimate of drug-likeness (QED) is 0.697. The second kappa shape index (κ2) is 8.10. The van der Waals surface area contributed by atoms with Crippen molar-refractivity contribution in [2.75, 3.05) is 17.2 Å². The summed E-state index contributed by atoms with van der Waals surface area (Å²) in [6.45, 7) is -0.114. The van der Waals surface area contributed by atoms with E-state index in [1.807, 2.05) is 6.07 Å². The molecule has 29 heavy (non-hydrogen) atoms. The lowest BCUT2D eigenvalue weighted by atomic mass is 9.91. The number of ether oxygens (including phenoxy) is 1. The van der Waals surface area contributed by atoms with Gasteiger partial charge in [0.25, 0.3) is 5.91 Å². The molecule has 4 rings (SSSR count). The van der Waals surface area contributed by atoms with Gasteiger partial charge in [-0.3, -0.25) is 14.6 Å². The fraction of sp³-hybridized carbons (Fsp3) is 0.136. The zero-order valence-electron chi connectivity index (χ0n) is 15.4. The highest BCUT2D eigenvalue weighted by atomic mass is 19.1. The number of hydrogen-bond donors (Lipinski definition) is 2. The predicted molar refractivity (Wildman–Crippen MR) is 106 cm³/mol. The number of para-hydroxylation sites is 1. The molecular formula is C22H18FN3O3. The van der Waals surface area contributed by atoms with Crippen LogP contribution in [0.3, 0.4) is 0 Å². The van der Waals surface area contributed by atoms with E-state index in [1.54, 1.807) is 48.8 Å². The smallest absolute Gasteiger partial charge is 0.262 e. The molecule has 0 saturated heterocycles. The van der Waals surface area contributed by atoms with Crippen molar-refractivity contribution in [2.45, 2.75) is 12.3 Å². The van der Waals surface area contributed by atoms with Crippen molar-refractivity contribution >= 4 is 23.2 Å². The summed E-state index contributed by atoms with van der Waals surface area (Å²) in [4.78, 5) is 28.8. The lowest BCUT2D eigenvalue weighted by Gasteiger charge is -2.22. The highest BCUT2D eigenvalue weighted by Gasteiger charge is 2.25. The third kappa shape index (κ3) is 4.24. The zero-order chi connectivity index (χ0) is 20.2. The molecule has 6 nitrogen and oxygen atoms in total. The minimum atomic E-state index is -0.561. The fourth-order valence-electron chi connectivity index (χ4n) is 3.24. The van der Waals surface area contributed by atoms with E-state index in [0.717, 1.165) is 5.56 Å². The maximum atomic E-state index is 13.4. The lowest BCUT2D eigenvalue weighted by Crippen LogP contribution is -2.27. The van der Waals surface area contributed by atoms with E-state index in [1.165, 1.54) is 12.1 Å². The number of hydrogen-bond acceptors (Lipinski definition) is 4. The number of anilines is 2. The topological polar surface area (TPSA) is 80.3 Å². The van der Waals surface area contributed by atoms with E-state index < -0.39 is 5.92 Å². The summed E-state index contributed by atoms with van der Waals surface area (Å²) in [6, 6.07) is 14.7. The number of carbonyl (C=O) groups is 2. The van der Waals surface area contributed by atoms with Crippen LogP contribution in [0.4, 0.5) is 15.8 Å². The third-order valence-electron chi connectivity index (χ3n) is 4.65. The molecule has 2 aromatic carbocycles. The summed E-state index contributed by atoms with van der Waals surface area (Å²) >= 11 is 0. The number of nitrogens with one attached hydrogen (secondary N) is 2. The van der Waals surface area contributed by atoms with Gasteiger partial charge in [-0.15, -0.1) is 0 Å². The number of nitrogens with zero attached hydrogens (tertiary/aromatic N) is 1. The molecule has 1 aromatic heterocycles. The Hall–Kier alpha value is -3.74. The second-order valence-corrected chi connectivity index (χ2v) is 6.68. The van der Waals surface area contributed by atoms with Crippen LogP contribution in [-0.4, -0.2) is 23.4 Å². The Morgan fingerprint density at radius 3 is 2.76 bits per heavy atom. The van der Waals surface area contributed by atoms with Gasteiger partial charge in [-0.25, -0.2) is 4.39 Å². The van der Waals surface area contributed by atoms with Crippen LogP contribution in [-0.2, 0) is 16.0 Å². The van der Waals surface area contributed by atoms with Gasteiger partial charge in [-0.05, 0) is 47.9 Å². The van der Waals surface area contributed by atoms with Gasteiger partial charge in [0.15, 0.2) is 12.4 Å². The summed E-state index contributed by atoms with van der Waals surface area (Å²) < 4.78 is 18.9. The molecule has 2 N–H and O–H groups in total. The molecule has 1 unspecified atom stereocenters. The Bertz CT molecular complexity index is 1040. The molecule has 2 heterocycles. The standard InChI is InChI=1S/C22H18FN3O3/c23-16-8-6-15(7-9-16)17(11-14-3-2-10-24-12-14)22(28)26-19-5-1-4-18-21(19)29-13-20(27)25-18/h1-10,12,17H,11,13H2,(H,25,27)(H,26,28). The summed E-state index contributed by atoms with van der Waals surface area (Å²) in [7, 11) is 0. The molecule has 0 saturated carbocycles. The number of pyridine rings is 1. The number of halogens is 1. The van der Waals surface area contributed by atoms with Gasteiger partial charge < -0.3 is 15.4 Å². The van der Waals surface area contributed by atoms with Crippen LogP contribution in [0.25, 0.3) is 0 Å². The van der Waals surface area contributed by atoms with Crippen molar-refractivity contribution in [1.82, 2.24) is 4.98 Å². The SMILES string of the molecule is O=C1COc2c(cccc2NC(=O)C(Cc2cccnc2)c2ccc(F)cc2)N1. The zero-order valence-corrected chi connectivity index (χ0v) is 15.4. The molecule has 7 heteroatoms. The van der Waals surface area contributed by atoms with Crippen molar-refractivity contribution in [3.05, 3.63) is 83.9 Å². The third-order valence-corrected chi connectivity index (χ3v) is 4.65. The normalized spacial score (nSPS) is 13.6. The maximum absolute atomic E-state index is 13.4. The Balaban J connectivity index is 1.63. The van der Waals surface area contributed by atoms with E-state index in [9.17, 15) is 14.0 Å². The first-order chi connectivity index (χ1) is 14.1. The molecule has 0 bridgehead atoms. The van der Waals surface area contributed by atoms with Crippen LogP contribution >= 0.6 is 0 Å². The van der Waals surface area contributed by atoms with Crippen LogP contribution < -0.4 is 15.4 Å². The molecular weight excluding hydrogens is 373 g/mol. The largest absolute Gasteiger partial charge is 0.479 e. The monoisotopic (exact) mass is 391 g/mol. The Labute approximate surface area is 166 Å². The first-order valence-corrected chi connectivity index (χ1v) is 9.11.